The van der Waals surface area contributed by atoms with Crippen molar-refractivity contribution in [2.24, 2.45) is 0 Å². The molecule has 0 atom stereocenters. The monoisotopic (exact) mass is 139 g/mol. The van der Waals surface area contributed by atoms with Gasteiger partial charge in [0.25, 0.3) is 0 Å². The second-order valence-corrected chi connectivity index (χ2v) is 3.20. The molecule has 0 aromatic rings. The second kappa shape index (κ2) is 3.77. The van der Waals surface area contributed by atoms with Gasteiger partial charge < -0.3 is 0 Å². The first-order chi connectivity index (χ1) is 4.80. The van der Waals surface area contributed by atoms with E-state index in [-0.39, 0.29) is 0 Å². The maximum absolute atomic E-state index is 2.50. The van der Waals surface area contributed by atoms with E-state index in [1.54, 1.807) is 0 Å². The Kier molecular flexibility index (Phi) is 2.94. The Morgan fingerprint density at radius 1 is 1.30 bits per heavy atom. The van der Waals surface area contributed by atoms with Crippen LogP contribution in [0, 0.1) is 0 Å². The quantitative estimate of drug-likeness (QED) is 0.502. The topological polar surface area (TPSA) is 3.24 Å². The molecule has 1 aliphatic rings. The van der Waals surface area contributed by atoms with Crippen LogP contribution in [-0.4, -0.2) is 24.0 Å². The maximum Gasteiger partial charge on any atom is 0.0165 e. The zero-order valence-corrected chi connectivity index (χ0v) is 7.01. The zero-order valence-electron chi connectivity index (χ0n) is 7.01. The lowest BCUT2D eigenvalue weighted by Gasteiger charge is -2.23. The summed E-state index contributed by atoms with van der Waals surface area (Å²) in [6.45, 7) is 6.95. The fourth-order valence-electron chi connectivity index (χ4n) is 1.30. The van der Waals surface area contributed by atoms with Crippen LogP contribution < -0.4 is 0 Å². The Bertz CT molecular complexity index is 116. The minimum absolute atomic E-state index is 0.711. The summed E-state index contributed by atoms with van der Waals surface area (Å²) in [5.74, 6) is 0. The lowest BCUT2D eigenvalue weighted by molar-refractivity contribution is 0.248. The van der Waals surface area contributed by atoms with Crippen LogP contribution in [0.15, 0.2) is 12.2 Å². The number of rotatable bonds is 1. The number of hydrogen-bond donors (Lipinski definition) is 0. The molecule has 0 fully saturated rings. The van der Waals surface area contributed by atoms with Crippen LogP contribution in [0.25, 0.3) is 0 Å². The Labute approximate surface area is 63.7 Å². The summed E-state index contributed by atoms with van der Waals surface area (Å²) in [7, 11) is 0. The van der Waals surface area contributed by atoms with Crippen molar-refractivity contribution in [1.82, 2.24) is 4.90 Å². The smallest absolute Gasteiger partial charge is 0.0165 e. The fraction of sp³-hybridized carbons (Fsp3) is 0.778. The van der Waals surface area contributed by atoms with Gasteiger partial charge in [-0.05, 0) is 33.2 Å². The Morgan fingerprint density at radius 3 is 2.80 bits per heavy atom. The van der Waals surface area contributed by atoms with E-state index in [1.165, 1.54) is 19.4 Å². The van der Waals surface area contributed by atoms with Crippen LogP contribution in [0.2, 0.25) is 0 Å². The molecular weight excluding hydrogens is 122 g/mol. The van der Waals surface area contributed by atoms with Crippen molar-refractivity contribution < 1.29 is 0 Å². The van der Waals surface area contributed by atoms with Crippen LogP contribution in [-0.2, 0) is 0 Å². The van der Waals surface area contributed by atoms with Gasteiger partial charge in [-0.15, -0.1) is 0 Å². The van der Waals surface area contributed by atoms with Crippen molar-refractivity contribution in [2.75, 3.05) is 13.1 Å². The average Bonchev–Trinajstić information content (AvgIpc) is 2.12. The molecule has 10 heavy (non-hydrogen) atoms. The molecule has 1 aliphatic heterocycles. The Morgan fingerprint density at radius 2 is 2.10 bits per heavy atom. The van der Waals surface area contributed by atoms with Gasteiger partial charge in [-0.25, -0.2) is 0 Å². The number of nitrogens with zero attached hydrogens (tertiary/aromatic N) is 1. The molecule has 58 valence electrons. The molecule has 0 aromatic heterocycles. The van der Waals surface area contributed by atoms with Crippen molar-refractivity contribution in [3.63, 3.8) is 0 Å². The highest BCUT2D eigenvalue weighted by molar-refractivity contribution is 4.88. The predicted octanol–water partition coefficient (Wildman–Crippen LogP) is 2.05. The largest absolute Gasteiger partial charge is 0.297 e. The van der Waals surface area contributed by atoms with Crippen LogP contribution in [0.3, 0.4) is 0 Å². The van der Waals surface area contributed by atoms with E-state index >= 15 is 0 Å². The zero-order chi connectivity index (χ0) is 7.40. The minimum atomic E-state index is 0.711. The molecule has 0 bridgehead atoms. The fourth-order valence-corrected chi connectivity index (χ4v) is 1.30. The summed E-state index contributed by atoms with van der Waals surface area (Å²) in [6.07, 6.45) is 7.17. The molecular formula is C9H17N. The average molecular weight is 139 g/mol. The van der Waals surface area contributed by atoms with E-state index in [9.17, 15) is 0 Å². The third kappa shape index (κ3) is 2.14. The van der Waals surface area contributed by atoms with Gasteiger partial charge in [0.2, 0.25) is 0 Å². The summed E-state index contributed by atoms with van der Waals surface area (Å²) in [5, 5.41) is 0. The van der Waals surface area contributed by atoms with Gasteiger partial charge in [-0.3, -0.25) is 4.90 Å². The summed E-state index contributed by atoms with van der Waals surface area (Å²) in [5.41, 5.74) is 0. The summed E-state index contributed by atoms with van der Waals surface area (Å²) < 4.78 is 0. The molecule has 1 heterocycles. The van der Waals surface area contributed by atoms with Crippen LogP contribution in [0.1, 0.15) is 26.7 Å². The molecule has 1 rings (SSSR count). The Hall–Kier alpha value is -0.300. The van der Waals surface area contributed by atoms with Gasteiger partial charge in [0, 0.05) is 12.6 Å². The van der Waals surface area contributed by atoms with E-state index in [1.807, 2.05) is 0 Å². The molecule has 0 amide bonds. The lowest BCUT2D eigenvalue weighted by atomic mass is 10.3. The van der Waals surface area contributed by atoms with E-state index in [2.05, 4.69) is 30.9 Å². The molecule has 0 N–H and O–H groups in total. The predicted molar refractivity (Wildman–Crippen MR) is 45.1 cm³/mol. The highest BCUT2D eigenvalue weighted by Crippen LogP contribution is 2.05. The molecule has 0 aliphatic carbocycles. The van der Waals surface area contributed by atoms with Crippen molar-refractivity contribution in [3.8, 4) is 0 Å². The van der Waals surface area contributed by atoms with E-state index in [0.29, 0.717) is 6.04 Å². The molecule has 0 spiro atoms. The van der Waals surface area contributed by atoms with E-state index in [0.717, 1.165) is 6.54 Å². The summed E-state index contributed by atoms with van der Waals surface area (Å²) >= 11 is 0. The molecule has 0 saturated heterocycles. The van der Waals surface area contributed by atoms with Gasteiger partial charge in [-0.2, -0.15) is 0 Å². The molecule has 1 heteroatoms. The first-order valence-electron chi connectivity index (χ1n) is 4.20. The summed E-state index contributed by atoms with van der Waals surface area (Å²) in [4.78, 5) is 2.50. The second-order valence-electron chi connectivity index (χ2n) is 3.20. The van der Waals surface area contributed by atoms with Gasteiger partial charge in [0.15, 0.2) is 0 Å². The molecule has 1 nitrogen and oxygen atoms in total. The van der Waals surface area contributed by atoms with Crippen LogP contribution in [0.5, 0.6) is 0 Å². The SMILES string of the molecule is CC(C)N1CC=CCCC1. The first kappa shape index (κ1) is 7.80. The molecule has 0 saturated carbocycles. The highest BCUT2D eigenvalue weighted by atomic mass is 15.1. The Balaban J connectivity index is 2.37. The first-order valence-corrected chi connectivity index (χ1v) is 4.20. The minimum Gasteiger partial charge on any atom is -0.297 e. The highest BCUT2D eigenvalue weighted by Gasteiger charge is 2.07. The van der Waals surface area contributed by atoms with E-state index in [4.69, 9.17) is 0 Å². The molecule has 0 aromatic carbocycles. The number of hydrogen-bond acceptors (Lipinski definition) is 1. The van der Waals surface area contributed by atoms with E-state index < -0.39 is 0 Å². The molecule has 0 unspecified atom stereocenters. The van der Waals surface area contributed by atoms with Gasteiger partial charge in [-0.1, -0.05) is 12.2 Å². The third-order valence-electron chi connectivity index (χ3n) is 2.05. The third-order valence-corrected chi connectivity index (χ3v) is 2.05. The van der Waals surface area contributed by atoms with Crippen molar-refractivity contribution in [3.05, 3.63) is 12.2 Å². The van der Waals surface area contributed by atoms with Crippen molar-refractivity contribution >= 4 is 0 Å². The van der Waals surface area contributed by atoms with Crippen LogP contribution >= 0.6 is 0 Å². The van der Waals surface area contributed by atoms with Gasteiger partial charge in [0.05, 0.1) is 0 Å². The normalized spacial score (nSPS) is 21.5. The standard InChI is InChI=1S/C9H17N/c1-9(2)10-7-5-3-4-6-8-10/h3,5,9H,4,6-8H2,1-2H3. The number of allylic oxidation sites excluding steroid dienone is 1. The van der Waals surface area contributed by atoms with Crippen molar-refractivity contribution in [1.29, 1.82) is 0 Å². The van der Waals surface area contributed by atoms with Gasteiger partial charge >= 0.3 is 0 Å². The summed E-state index contributed by atoms with van der Waals surface area (Å²) in [6, 6.07) is 0.711. The lowest BCUT2D eigenvalue weighted by Crippen LogP contribution is -2.31. The van der Waals surface area contributed by atoms with Crippen LogP contribution in [0.4, 0.5) is 0 Å². The van der Waals surface area contributed by atoms with Gasteiger partial charge in [0.1, 0.15) is 0 Å². The molecule has 0 radical (unpaired) electrons. The maximum atomic E-state index is 2.50. The van der Waals surface area contributed by atoms with Crippen molar-refractivity contribution in [2.45, 2.75) is 32.7 Å².